The zero-order valence-corrected chi connectivity index (χ0v) is 29.2. The topological polar surface area (TPSA) is 18.5 Å². The number of benzene rings is 4. The smallest absolute Gasteiger partial charge is 0.399 e. The minimum atomic E-state index is -1.74. The summed E-state index contributed by atoms with van der Waals surface area (Å²) >= 11 is 0. The fourth-order valence-corrected chi connectivity index (χ4v) is 14.5. The Balaban J connectivity index is 1.13. The fourth-order valence-electron chi connectivity index (χ4n) is 11.4. The average Bonchev–Trinajstić information content (AvgIpc) is 3.54. The molecule has 4 heteroatoms. The SMILES string of the molecule is CC1(C)OB(c2ccc3c(c2)C2(c4cc(-c5ccc6c(c5)[Si](C)(C)c5ccccc5-6)ccc4-3)C3CC4CC(C3)CC2C4)OC1(C)C. The van der Waals surface area contributed by atoms with Gasteiger partial charge < -0.3 is 9.31 Å². The van der Waals surface area contributed by atoms with Crippen molar-refractivity contribution in [3.05, 3.63) is 90.0 Å². The Bertz CT molecular complexity index is 1930. The number of hydrogen-bond donors (Lipinski definition) is 0. The van der Waals surface area contributed by atoms with Gasteiger partial charge in [-0.1, -0.05) is 85.9 Å². The van der Waals surface area contributed by atoms with Crippen LogP contribution in [0, 0.1) is 23.7 Å². The zero-order chi connectivity index (χ0) is 31.4. The highest BCUT2D eigenvalue weighted by atomic mass is 28.3. The van der Waals surface area contributed by atoms with Crippen LogP contribution < -0.4 is 15.8 Å². The van der Waals surface area contributed by atoms with Crippen molar-refractivity contribution in [1.82, 2.24) is 0 Å². The van der Waals surface area contributed by atoms with E-state index in [0.717, 1.165) is 11.8 Å². The van der Waals surface area contributed by atoms with Gasteiger partial charge in [-0.2, -0.15) is 0 Å². The Labute approximate surface area is 276 Å². The number of fused-ring (bicyclic) bond motifs is 6. The van der Waals surface area contributed by atoms with Crippen LogP contribution in [0.4, 0.5) is 0 Å². The normalized spacial score (nSPS) is 31.2. The summed E-state index contributed by atoms with van der Waals surface area (Å²) in [7, 11) is -2.07. The predicted octanol–water partition coefficient (Wildman–Crippen LogP) is 8.18. The van der Waals surface area contributed by atoms with Gasteiger partial charge in [0.15, 0.2) is 0 Å². The second-order valence-corrected chi connectivity index (χ2v) is 21.6. The van der Waals surface area contributed by atoms with Crippen molar-refractivity contribution in [2.45, 2.75) is 89.5 Å². The maximum absolute atomic E-state index is 6.62. The summed E-state index contributed by atoms with van der Waals surface area (Å²) in [6.45, 7) is 13.7. The van der Waals surface area contributed by atoms with Crippen LogP contribution in [0.2, 0.25) is 13.1 Å². The Morgan fingerprint density at radius 2 is 1.13 bits per heavy atom. The summed E-state index contributed by atoms with van der Waals surface area (Å²) in [4.78, 5) is 0. The largest absolute Gasteiger partial charge is 0.494 e. The standard InChI is InChI=1S/C42H45BO2Si/c1-40(2)41(3,4)45-43(44-40)31-13-16-33-32-14-11-27(28-12-15-35-34-9-7-8-10-38(34)46(5,6)39(35)23-28)22-36(32)42(37(33)24-31)29-18-25-17-26(20-29)21-30(42)19-25/h7-16,22-26,29-30H,17-21H2,1-6H3. The van der Waals surface area contributed by atoms with Gasteiger partial charge in [0.25, 0.3) is 0 Å². The van der Waals surface area contributed by atoms with Crippen LogP contribution in [0.1, 0.15) is 70.9 Å². The van der Waals surface area contributed by atoms with Crippen molar-refractivity contribution >= 4 is 31.0 Å². The van der Waals surface area contributed by atoms with Gasteiger partial charge in [0.05, 0.1) is 11.2 Å². The van der Waals surface area contributed by atoms with E-state index in [2.05, 4.69) is 120 Å². The van der Waals surface area contributed by atoms with Crippen molar-refractivity contribution in [3.63, 3.8) is 0 Å². The van der Waals surface area contributed by atoms with Crippen molar-refractivity contribution in [2.75, 3.05) is 0 Å². The molecule has 232 valence electrons. The van der Waals surface area contributed by atoms with Gasteiger partial charge in [0, 0.05) is 5.41 Å². The van der Waals surface area contributed by atoms with E-state index < -0.39 is 8.07 Å². The first-order valence-electron chi connectivity index (χ1n) is 17.9. The summed E-state index contributed by atoms with van der Waals surface area (Å²) in [5.41, 5.74) is 12.4. The molecule has 2 aliphatic heterocycles. The molecule has 1 spiro atoms. The van der Waals surface area contributed by atoms with Gasteiger partial charge in [-0.3, -0.25) is 0 Å². The molecule has 5 aliphatic carbocycles. The first-order valence-corrected chi connectivity index (χ1v) is 20.9. The summed E-state index contributed by atoms with van der Waals surface area (Å²) in [5.74, 6) is 3.27. The van der Waals surface area contributed by atoms with E-state index >= 15 is 0 Å². The molecule has 0 N–H and O–H groups in total. The van der Waals surface area contributed by atoms with Crippen molar-refractivity contribution in [1.29, 1.82) is 0 Å². The molecule has 4 saturated carbocycles. The molecule has 2 nitrogen and oxygen atoms in total. The zero-order valence-electron chi connectivity index (χ0n) is 28.2. The Morgan fingerprint density at radius 1 is 0.587 bits per heavy atom. The van der Waals surface area contributed by atoms with E-state index in [0.29, 0.717) is 11.8 Å². The first-order chi connectivity index (χ1) is 22.0. The highest BCUT2D eigenvalue weighted by Crippen LogP contribution is 2.69. The predicted molar refractivity (Wildman–Crippen MR) is 193 cm³/mol. The minimum Gasteiger partial charge on any atom is -0.399 e. The fraction of sp³-hybridized carbons (Fsp3) is 0.429. The van der Waals surface area contributed by atoms with Crippen LogP contribution in [0.5, 0.6) is 0 Å². The quantitative estimate of drug-likeness (QED) is 0.211. The monoisotopic (exact) mass is 620 g/mol. The van der Waals surface area contributed by atoms with Crippen LogP contribution in [-0.2, 0) is 14.7 Å². The molecule has 0 unspecified atom stereocenters. The average molecular weight is 621 g/mol. The van der Waals surface area contributed by atoms with Crippen molar-refractivity contribution in [2.24, 2.45) is 23.7 Å². The molecule has 46 heavy (non-hydrogen) atoms. The van der Waals surface area contributed by atoms with Crippen LogP contribution in [0.25, 0.3) is 33.4 Å². The second kappa shape index (κ2) is 8.95. The highest BCUT2D eigenvalue weighted by molar-refractivity contribution is 7.03. The van der Waals surface area contributed by atoms with Crippen molar-refractivity contribution < 1.29 is 9.31 Å². The summed E-state index contributed by atoms with van der Waals surface area (Å²) in [6.07, 6.45) is 7.00. The molecule has 1 saturated heterocycles. The molecule has 7 aliphatic rings. The lowest BCUT2D eigenvalue weighted by atomic mass is 9.43. The molecule has 5 fully saturated rings. The third-order valence-corrected chi connectivity index (χ3v) is 17.7. The van der Waals surface area contributed by atoms with E-state index in [1.54, 1.807) is 21.5 Å². The molecule has 0 radical (unpaired) electrons. The second-order valence-electron chi connectivity index (χ2n) is 17.3. The van der Waals surface area contributed by atoms with E-state index in [9.17, 15) is 0 Å². The van der Waals surface area contributed by atoms with Gasteiger partial charge in [-0.05, 0) is 150 Å². The lowest BCUT2D eigenvalue weighted by molar-refractivity contribution is -0.0399. The van der Waals surface area contributed by atoms with Crippen LogP contribution in [0.15, 0.2) is 78.9 Å². The maximum atomic E-state index is 6.62. The van der Waals surface area contributed by atoms with Crippen LogP contribution in [0.3, 0.4) is 0 Å². The summed E-state index contributed by atoms with van der Waals surface area (Å²) in [5, 5.41) is 3.17. The van der Waals surface area contributed by atoms with E-state index in [1.165, 1.54) is 70.9 Å². The summed E-state index contributed by atoms with van der Waals surface area (Å²) < 4.78 is 13.2. The van der Waals surface area contributed by atoms with Crippen molar-refractivity contribution in [3.8, 4) is 33.4 Å². The molecule has 4 bridgehead atoms. The number of rotatable bonds is 2. The van der Waals surface area contributed by atoms with Gasteiger partial charge in [0.2, 0.25) is 0 Å². The molecule has 0 atom stereocenters. The molecule has 4 aromatic rings. The third kappa shape index (κ3) is 3.46. The Hall–Kier alpha value is -2.92. The Kier molecular flexibility index (Phi) is 5.47. The number of hydrogen-bond acceptors (Lipinski definition) is 2. The third-order valence-electron chi connectivity index (χ3n) is 14.1. The van der Waals surface area contributed by atoms with Gasteiger partial charge >= 0.3 is 7.12 Å². The van der Waals surface area contributed by atoms with E-state index in [1.807, 2.05) is 0 Å². The first kappa shape index (κ1) is 28.1. The lowest BCUT2D eigenvalue weighted by Gasteiger charge is -2.61. The molecule has 0 aromatic heterocycles. The van der Waals surface area contributed by atoms with Gasteiger partial charge in [0.1, 0.15) is 8.07 Å². The van der Waals surface area contributed by atoms with Crippen LogP contribution >= 0.6 is 0 Å². The van der Waals surface area contributed by atoms with Gasteiger partial charge in [-0.15, -0.1) is 0 Å². The summed E-state index contributed by atoms with van der Waals surface area (Å²) in [6, 6.07) is 31.3. The molecular weight excluding hydrogens is 575 g/mol. The molecule has 11 rings (SSSR count). The molecule has 2 heterocycles. The molecular formula is C42H45BO2Si. The minimum absolute atomic E-state index is 0.0920. The maximum Gasteiger partial charge on any atom is 0.494 e. The highest BCUT2D eigenvalue weighted by Gasteiger charge is 2.62. The van der Waals surface area contributed by atoms with Gasteiger partial charge in [-0.25, -0.2) is 0 Å². The lowest BCUT2D eigenvalue weighted by Crippen LogP contribution is -2.55. The van der Waals surface area contributed by atoms with Crippen LogP contribution in [-0.4, -0.2) is 26.4 Å². The Morgan fingerprint density at radius 3 is 1.80 bits per heavy atom. The molecule has 4 aromatic carbocycles. The van der Waals surface area contributed by atoms with E-state index in [-0.39, 0.29) is 23.7 Å². The molecule has 0 amide bonds. The van der Waals surface area contributed by atoms with E-state index in [4.69, 9.17) is 9.31 Å².